The topological polar surface area (TPSA) is 85.4 Å². The predicted molar refractivity (Wildman–Crippen MR) is 62.3 cm³/mol. The summed E-state index contributed by atoms with van der Waals surface area (Å²) in [6.45, 7) is 3.73. The molecule has 0 fully saturated rings. The Morgan fingerprint density at radius 1 is 1.41 bits per heavy atom. The van der Waals surface area contributed by atoms with Gasteiger partial charge in [0.15, 0.2) is 0 Å². The molecule has 1 heterocycles. The number of carbonyl (C=O) groups is 1. The molecule has 1 rings (SSSR count). The molecule has 0 spiro atoms. The maximum atomic E-state index is 11.4. The number of aromatic nitrogens is 1. The van der Waals surface area contributed by atoms with Gasteiger partial charge in [0.25, 0.3) is 5.91 Å². The minimum absolute atomic E-state index is 0.00694. The molecule has 7 heteroatoms. The summed E-state index contributed by atoms with van der Waals surface area (Å²) in [4.78, 5) is 15.2. The highest BCUT2D eigenvalue weighted by atomic mass is 32.2. The molecule has 0 aliphatic heterocycles. The van der Waals surface area contributed by atoms with E-state index in [9.17, 15) is 13.2 Å². The maximum Gasteiger partial charge on any atom is 0.283 e. The number of hydrogen-bond acceptors (Lipinski definition) is 5. The number of ether oxygens (including phenoxy) is 1. The number of nitrogens with zero attached hydrogens (tertiary/aromatic N) is 1. The van der Waals surface area contributed by atoms with Crippen LogP contribution in [0.1, 0.15) is 24.3 Å². The lowest BCUT2D eigenvalue weighted by Crippen LogP contribution is -2.29. The fourth-order valence-electron chi connectivity index (χ4n) is 1.08. The van der Waals surface area contributed by atoms with Crippen LogP contribution in [0, 0.1) is 0 Å². The first kappa shape index (κ1) is 13.4. The van der Waals surface area contributed by atoms with E-state index in [1.807, 2.05) is 18.6 Å². The quantitative estimate of drug-likeness (QED) is 0.852. The van der Waals surface area contributed by atoms with Crippen LogP contribution < -0.4 is 9.46 Å². The first-order valence-electron chi connectivity index (χ1n) is 4.93. The lowest BCUT2D eigenvalue weighted by atomic mass is 10.3. The second kappa shape index (κ2) is 5.13. The monoisotopic (exact) mass is 258 g/mol. The van der Waals surface area contributed by atoms with E-state index in [0.29, 0.717) is 5.75 Å². The summed E-state index contributed by atoms with van der Waals surface area (Å²) in [6, 6.07) is 2.96. The third-order valence-corrected chi connectivity index (χ3v) is 2.18. The number of amides is 1. The van der Waals surface area contributed by atoms with Crippen molar-refractivity contribution in [3.8, 4) is 5.75 Å². The largest absolute Gasteiger partial charge is 0.489 e. The molecule has 0 aliphatic rings. The van der Waals surface area contributed by atoms with Gasteiger partial charge in [0, 0.05) is 0 Å². The Kier molecular flexibility index (Phi) is 4.06. The highest BCUT2D eigenvalue weighted by Gasteiger charge is 2.12. The highest BCUT2D eigenvalue weighted by Crippen LogP contribution is 2.11. The summed E-state index contributed by atoms with van der Waals surface area (Å²) >= 11 is 0. The van der Waals surface area contributed by atoms with Crippen LogP contribution in [0.3, 0.4) is 0 Å². The van der Waals surface area contributed by atoms with Crippen molar-refractivity contribution in [1.29, 1.82) is 0 Å². The Balaban J connectivity index is 2.77. The van der Waals surface area contributed by atoms with Crippen LogP contribution in [0.25, 0.3) is 0 Å². The molecule has 1 aromatic heterocycles. The Labute approximate surface area is 100 Å². The Morgan fingerprint density at radius 2 is 2.06 bits per heavy atom. The van der Waals surface area contributed by atoms with Crippen LogP contribution in [-0.4, -0.2) is 31.7 Å². The highest BCUT2D eigenvalue weighted by molar-refractivity contribution is 7.89. The average molecular weight is 258 g/mol. The Hall–Kier alpha value is -1.63. The molecule has 1 aromatic rings. The molecule has 0 bridgehead atoms. The zero-order valence-corrected chi connectivity index (χ0v) is 10.6. The second-order valence-corrected chi connectivity index (χ2v) is 5.50. The molecule has 1 amide bonds. The number of nitrogens with one attached hydrogen (secondary N) is 1. The Bertz CT molecular complexity index is 494. The summed E-state index contributed by atoms with van der Waals surface area (Å²) in [7, 11) is -3.57. The van der Waals surface area contributed by atoms with Crippen LogP contribution in [0.4, 0.5) is 0 Å². The molecule has 0 aromatic carbocycles. The number of carbonyl (C=O) groups excluding carboxylic acids is 1. The van der Waals surface area contributed by atoms with Crippen molar-refractivity contribution in [3.63, 3.8) is 0 Å². The third kappa shape index (κ3) is 4.81. The zero-order valence-electron chi connectivity index (χ0n) is 9.80. The van der Waals surface area contributed by atoms with Crippen LogP contribution in [0.2, 0.25) is 0 Å². The van der Waals surface area contributed by atoms with Gasteiger partial charge in [-0.1, -0.05) is 0 Å². The van der Waals surface area contributed by atoms with Crippen LogP contribution in [-0.2, 0) is 10.0 Å². The van der Waals surface area contributed by atoms with E-state index in [1.165, 1.54) is 12.3 Å². The summed E-state index contributed by atoms with van der Waals surface area (Å²) in [5.74, 6) is -0.237. The molecule has 0 saturated carbocycles. The van der Waals surface area contributed by atoms with Crippen LogP contribution >= 0.6 is 0 Å². The van der Waals surface area contributed by atoms with Gasteiger partial charge in [0.2, 0.25) is 10.0 Å². The van der Waals surface area contributed by atoms with Gasteiger partial charge in [0.05, 0.1) is 18.6 Å². The first-order valence-corrected chi connectivity index (χ1v) is 6.82. The van der Waals surface area contributed by atoms with Gasteiger partial charge >= 0.3 is 0 Å². The smallest absolute Gasteiger partial charge is 0.283 e. The molecular formula is C10H14N2O4S. The molecule has 0 atom stereocenters. The SMILES string of the molecule is CC(C)Oc1ccc(C(=O)NS(C)(=O)=O)nc1. The molecular weight excluding hydrogens is 244 g/mol. The van der Waals surface area contributed by atoms with E-state index in [2.05, 4.69) is 4.98 Å². The molecule has 0 unspecified atom stereocenters. The van der Waals surface area contributed by atoms with Crippen molar-refractivity contribution in [2.75, 3.05) is 6.26 Å². The lowest BCUT2D eigenvalue weighted by molar-refractivity contribution is 0.0977. The van der Waals surface area contributed by atoms with Gasteiger partial charge < -0.3 is 4.74 Å². The predicted octanol–water partition coefficient (Wildman–Crippen LogP) is 0.558. The lowest BCUT2D eigenvalue weighted by Gasteiger charge is -2.09. The molecule has 0 aliphatic carbocycles. The number of hydrogen-bond donors (Lipinski definition) is 1. The van der Waals surface area contributed by atoms with Crippen molar-refractivity contribution in [3.05, 3.63) is 24.0 Å². The maximum absolute atomic E-state index is 11.4. The van der Waals surface area contributed by atoms with E-state index in [0.717, 1.165) is 6.26 Å². The van der Waals surface area contributed by atoms with Gasteiger partial charge in [-0.15, -0.1) is 0 Å². The van der Waals surface area contributed by atoms with Crippen molar-refractivity contribution in [1.82, 2.24) is 9.71 Å². The normalized spacial score (nSPS) is 11.3. The van der Waals surface area contributed by atoms with Gasteiger partial charge in [-0.25, -0.2) is 18.1 Å². The first-order chi connectivity index (χ1) is 7.78. The third-order valence-electron chi connectivity index (χ3n) is 1.62. The fourth-order valence-corrected chi connectivity index (χ4v) is 1.52. The standard InChI is InChI=1S/C10H14N2O4S/c1-7(2)16-8-4-5-9(11-6-8)10(13)12-17(3,14)15/h4-7H,1-3H3,(H,12,13). The number of sulfonamides is 1. The molecule has 94 valence electrons. The summed E-state index contributed by atoms with van der Waals surface area (Å²) in [5.41, 5.74) is 0.0199. The molecule has 1 N–H and O–H groups in total. The van der Waals surface area contributed by atoms with Gasteiger partial charge in [-0.3, -0.25) is 4.79 Å². The molecule has 6 nitrogen and oxygen atoms in total. The van der Waals surface area contributed by atoms with Crippen molar-refractivity contribution < 1.29 is 17.9 Å². The fraction of sp³-hybridized carbons (Fsp3) is 0.400. The molecule has 0 saturated heterocycles. The zero-order chi connectivity index (χ0) is 13.1. The minimum Gasteiger partial charge on any atom is -0.489 e. The van der Waals surface area contributed by atoms with Gasteiger partial charge in [-0.05, 0) is 26.0 Å². The summed E-state index contributed by atoms with van der Waals surface area (Å²) in [5, 5.41) is 0. The van der Waals surface area contributed by atoms with E-state index in [1.54, 1.807) is 6.07 Å². The van der Waals surface area contributed by atoms with E-state index >= 15 is 0 Å². The van der Waals surface area contributed by atoms with Crippen LogP contribution in [0.15, 0.2) is 18.3 Å². The number of rotatable bonds is 4. The summed E-state index contributed by atoms with van der Waals surface area (Å²) in [6.07, 6.45) is 2.28. The Morgan fingerprint density at radius 3 is 2.47 bits per heavy atom. The number of pyridine rings is 1. The van der Waals surface area contributed by atoms with Gasteiger partial charge in [-0.2, -0.15) is 0 Å². The van der Waals surface area contributed by atoms with E-state index < -0.39 is 15.9 Å². The van der Waals surface area contributed by atoms with Crippen LogP contribution in [0.5, 0.6) is 5.75 Å². The minimum atomic E-state index is -3.57. The second-order valence-electron chi connectivity index (χ2n) is 3.75. The average Bonchev–Trinajstić information content (AvgIpc) is 2.15. The van der Waals surface area contributed by atoms with Crippen molar-refractivity contribution >= 4 is 15.9 Å². The van der Waals surface area contributed by atoms with E-state index in [4.69, 9.17) is 4.74 Å². The molecule has 0 radical (unpaired) electrons. The van der Waals surface area contributed by atoms with Gasteiger partial charge in [0.1, 0.15) is 11.4 Å². The van der Waals surface area contributed by atoms with Crippen molar-refractivity contribution in [2.45, 2.75) is 20.0 Å². The molecule has 17 heavy (non-hydrogen) atoms. The van der Waals surface area contributed by atoms with E-state index in [-0.39, 0.29) is 11.8 Å². The van der Waals surface area contributed by atoms with Crippen molar-refractivity contribution in [2.24, 2.45) is 0 Å². The summed E-state index contributed by atoms with van der Waals surface area (Å²) < 4.78 is 28.8.